The van der Waals surface area contributed by atoms with Gasteiger partial charge in [0.1, 0.15) is 0 Å². The molecule has 0 amide bonds. The molecule has 0 atom stereocenters. The summed E-state index contributed by atoms with van der Waals surface area (Å²) in [7, 11) is 0. The third kappa shape index (κ3) is 2.08. The second-order valence-corrected chi connectivity index (χ2v) is 4.51. The van der Waals surface area contributed by atoms with Crippen LogP contribution >= 0.6 is 0 Å². The van der Waals surface area contributed by atoms with E-state index in [1.807, 2.05) is 25.1 Å². The Morgan fingerprint density at radius 2 is 2.05 bits per heavy atom. The molecular formula is C15H12N2O2. The number of carboxylic acid groups (broad SMARTS) is 1. The number of aromatic amines is 1. The number of carboxylic acids is 1. The van der Waals surface area contributed by atoms with Crippen LogP contribution in [0.2, 0.25) is 0 Å². The Kier molecular flexibility index (Phi) is 2.56. The first-order chi connectivity index (χ1) is 9.13. The molecule has 0 unspecified atom stereocenters. The van der Waals surface area contributed by atoms with E-state index >= 15 is 0 Å². The zero-order valence-electron chi connectivity index (χ0n) is 10.3. The third-order valence-electron chi connectivity index (χ3n) is 3.06. The van der Waals surface area contributed by atoms with Gasteiger partial charge in [-0.25, -0.2) is 4.79 Å². The lowest BCUT2D eigenvalue weighted by molar-refractivity contribution is 0.0697. The maximum Gasteiger partial charge on any atom is 0.335 e. The van der Waals surface area contributed by atoms with Gasteiger partial charge < -0.3 is 10.1 Å². The Balaban J connectivity index is 2.13. The van der Waals surface area contributed by atoms with Gasteiger partial charge in [0.2, 0.25) is 0 Å². The summed E-state index contributed by atoms with van der Waals surface area (Å²) in [5.74, 6) is -0.949. The van der Waals surface area contributed by atoms with E-state index < -0.39 is 5.97 Å². The van der Waals surface area contributed by atoms with Crippen LogP contribution in [-0.4, -0.2) is 21.0 Å². The standard InChI is InChI=1S/C15H12N2O2/c1-9-2-3-12-11(6-9)8-14(17-12)13-7-10(15(18)19)4-5-16-13/h2-8,17H,1H3,(H,18,19). The monoisotopic (exact) mass is 252 g/mol. The van der Waals surface area contributed by atoms with Crippen molar-refractivity contribution >= 4 is 16.9 Å². The van der Waals surface area contributed by atoms with Gasteiger partial charge in [-0.15, -0.1) is 0 Å². The number of aryl methyl sites for hydroxylation is 1. The van der Waals surface area contributed by atoms with Crippen LogP contribution in [0, 0.1) is 6.92 Å². The predicted octanol–water partition coefficient (Wildman–Crippen LogP) is 3.24. The molecule has 4 nitrogen and oxygen atoms in total. The fourth-order valence-electron chi connectivity index (χ4n) is 2.10. The molecule has 0 saturated heterocycles. The summed E-state index contributed by atoms with van der Waals surface area (Å²) in [5.41, 5.74) is 3.89. The van der Waals surface area contributed by atoms with Crippen LogP contribution in [0.5, 0.6) is 0 Å². The molecular weight excluding hydrogens is 240 g/mol. The lowest BCUT2D eigenvalue weighted by Gasteiger charge is -1.98. The average Bonchev–Trinajstić information content (AvgIpc) is 2.81. The zero-order valence-corrected chi connectivity index (χ0v) is 10.3. The largest absolute Gasteiger partial charge is 0.478 e. The molecule has 0 aliphatic rings. The van der Waals surface area contributed by atoms with Crippen LogP contribution in [0.3, 0.4) is 0 Å². The topological polar surface area (TPSA) is 66.0 Å². The van der Waals surface area contributed by atoms with Crippen LogP contribution < -0.4 is 0 Å². The van der Waals surface area contributed by atoms with Gasteiger partial charge in [0.15, 0.2) is 0 Å². The smallest absolute Gasteiger partial charge is 0.335 e. The number of fused-ring (bicyclic) bond motifs is 1. The summed E-state index contributed by atoms with van der Waals surface area (Å²) in [6.07, 6.45) is 1.51. The maximum absolute atomic E-state index is 11.0. The molecule has 0 radical (unpaired) electrons. The van der Waals surface area contributed by atoms with Crippen LogP contribution in [0.15, 0.2) is 42.6 Å². The highest BCUT2D eigenvalue weighted by Crippen LogP contribution is 2.24. The number of hydrogen-bond acceptors (Lipinski definition) is 2. The number of nitrogens with zero attached hydrogens (tertiary/aromatic N) is 1. The molecule has 2 N–H and O–H groups in total. The van der Waals surface area contributed by atoms with Crippen molar-refractivity contribution in [2.24, 2.45) is 0 Å². The Labute approximate surface area is 109 Å². The quantitative estimate of drug-likeness (QED) is 0.735. The number of pyridine rings is 1. The summed E-state index contributed by atoms with van der Waals surface area (Å²) in [6.45, 7) is 2.04. The molecule has 19 heavy (non-hydrogen) atoms. The first kappa shape index (κ1) is 11.5. The van der Waals surface area contributed by atoms with E-state index in [1.165, 1.54) is 17.8 Å². The lowest BCUT2D eigenvalue weighted by Crippen LogP contribution is -1.97. The maximum atomic E-state index is 11.0. The molecule has 94 valence electrons. The number of hydrogen-bond donors (Lipinski definition) is 2. The average molecular weight is 252 g/mol. The number of aromatic nitrogens is 2. The molecule has 0 aliphatic carbocycles. The highest BCUT2D eigenvalue weighted by Gasteiger charge is 2.08. The van der Waals surface area contributed by atoms with Crippen molar-refractivity contribution in [2.45, 2.75) is 6.92 Å². The van der Waals surface area contributed by atoms with Gasteiger partial charge in [-0.1, -0.05) is 11.6 Å². The zero-order chi connectivity index (χ0) is 13.4. The molecule has 2 heterocycles. The molecule has 3 aromatic rings. The Bertz CT molecular complexity index is 775. The second kappa shape index (κ2) is 4.24. The highest BCUT2D eigenvalue weighted by molar-refractivity contribution is 5.90. The van der Waals surface area contributed by atoms with Gasteiger partial charge in [0.05, 0.1) is 17.0 Å². The molecule has 1 aromatic carbocycles. The minimum atomic E-state index is -0.949. The number of rotatable bonds is 2. The number of aromatic carboxylic acids is 1. The van der Waals surface area contributed by atoms with E-state index in [2.05, 4.69) is 16.0 Å². The Hall–Kier alpha value is -2.62. The molecule has 0 bridgehead atoms. The van der Waals surface area contributed by atoms with Crippen LogP contribution in [0.4, 0.5) is 0 Å². The Morgan fingerprint density at radius 3 is 2.84 bits per heavy atom. The molecule has 0 saturated carbocycles. The van der Waals surface area contributed by atoms with Gasteiger partial charge in [0.25, 0.3) is 0 Å². The predicted molar refractivity (Wildman–Crippen MR) is 73.2 cm³/mol. The van der Waals surface area contributed by atoms with E-state index in [1.54, 1.807) is 6.07 Å². The summed E-state index contributed by atoms with van der Waals surface area (Å²) < 4.78 is 0. The van der Waals surface area contributed by atoms with Crippen molar-refractivity contribution in [1.29, 1.82) is 0 Å². The van der Waals surface area contributed by atoms with Crippen LogP contribution in [0.25, 0.3) is 22.3 Å². The van der Waals surface area contributed by atoms with Gasteiger partial charge in [-0.2, -0.15) is 0 Å². The fourth-order valence-corrected chi connectivity index (χ4v) is 2.10. The van der Waals surface area contributed by atoms with E-state index in [9.17, 15) is 4.79 Å². The van der Waals surface area contributed by atoms with E-state index in [0.29, 0.717) is 5.69 Å². The first-order valence-corrected chi connectivity index (χ1v) is 5.92. The number of nitrogens with one attached hydrogen (secondary N) is 1. The number of carbonyl (C=O) groups is 1. The van der Waals surface area contributed by atoms with Gasteiger partial charge in [-0.3, -0.25) is 4.98 Å². The van der Waals surface area contributed by atoms with E-state index in [0.717, 1.165) is 16.6 Å². The second-order valence-electron chi connectivity index (χ2n) is 4.51. The van der Waals surface area contributed by atoms with Gasteiger partial charge in [-0.05, 0) is 37.3 Å². The van der Waals surface area contributed by atoms with Crippen molar-refractivity contribution in [2.75, 3.05) is 0 Å². The first-order valence-electron chi connectivity index (χ1n) is 5.92. The van der Waals surface area contributed by atoms with Crippen molar-refractivity contribution in [3.05, 3.63) is 53.7 Å². The molecule has 0 spiro atoms. The molecule has 0 fully saturated rings. The normalized spacial score (nSPS) is 10.8. The summed E-state index contributed by atoms with van der Waals surface area (Å²) in [6, 6.07) is 11.2. The molecule has 2 aromatic heterocycles. The van der Waals surface area contributed by atoms with Crippen LogP contribution in [0.1, 0.15) is 15.9 Å². The van der Waals surface area contributed by atoms with Crippen molar-refractivity contribution in [1.82, 2.24) is 9.97 Å². The summed E-state index contributed by atoms with van der Waals surface area (Å²) >= 11 is 0. The molecule has 0 aliphatic heterocycles. The van der Waals surface area contributed by atoms with Gasteiger partial charge in [0, 0.05) is 17.1 Å². The summed E-state index contributed by atoms with van der Waals surface area (Å²) in [5, 5.41) is 10.1. The van der Waals surface area contributed by atoms with Crippen molar-refractivity contribution < 1.29 is 9.90 Å². The van der Waals surface area contributed by atoms with Crippen molar-refractivity contribution in [3.8, 4) is 11.4 Å². The Morgan fingerprint density at radius 1 is 1.21 bits per heavy atom. The van der Waals surface area contributed by atoms with E-state index in [-0.39, 0.29) is 5.56 Å². The minimum absolute atomic E-state index is 0.236. The third-order valence-corrected chi connectivity index (χ3v) is 3.06. The molecule has 3 rings (SSSR count). The SMILES string of the molecule is Cc1ccc2[nH]c(-c3cc(C(=O)O)ccn3)cc2c1. The fraction of sp³-hybridized carbons (Fsp3) is 0.0667. The molecule has 4 heteroatoms. The summed E-state index contributed by atoms with van der Waals surface area (Å²) in [4.78, 5) is 18.4. The van der Waals surface area contributed by atoms with E-state index in [4.69, 9.17) is 5.11 Å². The minimum Gasteiger partial charge on any atom is -0.478 e. The van der Waals surface area contributed by atoms with Crippen LogP contribution in [-0.2, 0) is 0 Å². The number of benzene rings is 1. The van der Waals surface area contributed by atoms with Gasteiger partial charge >= 0.3 is 5.97 Å². The highest BCUT2D eigenvalue weighted by atomic mass is 16.4. The lowest BCUT2D eigenvalue weighted by atomic mass is 10.1. The van der Waals surface area contributed by atoms with Crippen molar-refractivity contribution in [3.63, 3.8) is 0 Å². The number of H-pyrrole nitrogens is 1.